The number of amides is 2. The molecule has 0 saturated heterocycles. The Balaban J connectivity index is 2.09. The largest absolute Gasteiger partial charge is 0.444 e. The highest BCUT2D eigenvalue weighted by molar-refractivity contribution is 5.94. The number of alkyl halides is 2. The first-order valence-corrected chi connectivity index (χ1v) is 9.06. The molecule has 11 heteroatoms. The van der Waals surface area contributed by atoms with Gasteiger partial charge in [-0.1, -0.05) is 20.8 Å². The standard InChI is InChI=1S/C19H24F2N6O3/c1-17(2,3)15(28)22-12-9-7-11(8-10-12)13-24-26-14(27-25-13)19(20,21)23-16(29)30-18(4,5)6/h7-10H,1-6H3,(H,22,28)(H,23,29). The Bertz CT molecular complexity index is 904. The van der Waals surface area contributed by atoms with Crippen LogP contribution >= 0.6 is 0 Å². The number of anilines is 1. The number of nitrogens with one attached hydrogen (secondary N) is 2. The first-order chi connectivity index (χ1) is 13.7. The lowest BCUT2D eigenvalue weighted by molar-refractivity contribution is -0.123. The van der Waals surface area contributed by atoms with Crippen molar-refractivity contribution < 1.29 is 23.1 Å². The van der Waals surface area contributed by atoms with Gasteiger partial charge in [-0.15, -0.1) is 20.4 Å². The van der Waals surface area contributed by atoms with Crippen LogP contribution in [-0.4, -0.2) is 38.0 Å². The molecule has 0 aliphatic heterocycles. The predicted molar refractivity (Wildman–Crippen MR) is 104 cm³/mol. The van der Waals surface area contributed by atoms with Crippen LogP contribution in [0.25, 0.3) is 11.4 Å². The van der Waals surface area contributed by atoms with Crippen molar-refractivity contribution in [2.45, 2.75) is 53.2 Å². The van der Waals surface area contributed by atoms with Crippen LogP contribution in [0.1, 0.15) is 47.4 Å². The highest BCUT2D eigenvalue weighted by atomic mass is 19.3. The van der Waals surface area contributed by atoms with Gasteiger partial charge in [0.15, 0.2) is 0 Å². The van der Waals surface area contributed by atoms with E-state index in [0.717, 1.165) is 0 Å². The number of alkyl carbamates (subject to hydrolysis) is 1. The summed E-state index contributed by atoms with van der Waals surface area (Å²) in [5.41, 5.74) is -0.479. The number of halogens is 2. The highest BCUT2D eigenvalue weighted by Crippen LogP contribution is 2.23. The Kier molecular flexibility index (Phi) is 6.33. The van der Waals surface area contributed by atoms with E-state index in [2.05, 4.69) is 25.7 Å². The van der Waals surface area contributed by atoms with Gasteiger partial charge >= 0.3 is 12.1 Å². The Morgan fingerprint density at radius 2 is 1.43 bits per heavy atom. The predicted octanol–water partition coefficient (Wildman–Crippen LogP) is 3.49. The van der Waals surface area contributed by atoms with Crippen molar-refractivity contribution in [3.8, 4) is 11.4 Å². The van der Waals surface area contributed by atoms with E-state index in [-0.39, 0.29) is 11.7 Å². The maximum absolute atomic E-state index is 14.1. The number of benzene rings is 1. The molecule has 0 atom stereocenters. The average Bonchev–Trinajstić information content (AvgIpc) is 2.59. The second-order valence-corrected chi connectivity index (χ2v) is 8.53. The van der Waals surface area contributed by atoms with Crippen LogP contribution in [0.2, 0.25) is 0 Å². The Labute approximate surface area is 172 Å². The van der Waals surface area contributed by atoms with Crippen LogP contribution in [0.15, 0.2) is 24.3 Å². The van der Waals surface area contributed by atoms with Gasteiger partial charge in [0.1, 0.15) is 5.60 Å². The molecular weight excluding hydrogens is 398 g/mol. The quantitative estimate of drug-likeness (QED) is 0.724. The van der Waals surface area contributed by atoms with E-state index >= 15 is 0 Å². The molecule has 2 N–H and O–H groups in total. The molecule has 0 saturated carbocycles. The second kappa shape index (κ2) is 8.25. The molecule has 30 heavy (non-hydrogen) atoms. The molecule has 1 aromatic heterocycles. The van der Waals surface area contributed by atoms with E-state index in [1.54, 1.807) is 65.8 Å². The van der Waals surface area contributed by atoms with Crippen molar-refractivity contribution in [2.24, 2.45) is 5.41 Å². The summed E-state index contributed by atoms with van der Waals surface area (Å²) in [6.07, 6.45) is -1.33. The highest BCUT2D eigenvalue weighted by Gasteiger charge is 2.40. The van der Waals surface area contributed by atoms with Crippen LogP contribution in [0.4, 0.5) is 19.3 Å². The number of carbonyl (C=O) groups is 2. The van der Waals surface area contributed by atoms with E-state index in [1.807, 2.05) is 0 Å². The second-order valence-electron chi connectivity index (χ2n) is 8.53. The minimum atomic E-state index is -3.91. The SMILES string of the molecule is CC(C)(C)OC(=O)NC(F)(F)c1nnc(-c2ccc(NC(=O)C(C)(C)C)cc2)nn1. The van der Waals surface area contributed by atoms with Crippen LogP contribution in [0.3, 0.4) is 0 Å². The van der Waals surface area contributed by atoms with E-state index in [9.17, 15) is 18.4 Å². The fourth-order valence-electron chi connectivity index (χ4n) is 1.98. The zero-order valence-corrected chi connectivity index (χ0v) is 17.6. The maximum atomic E-state index is 14.1. The molecule has 2 amide bonds. The van der Waals surface area contributed by atoms with E-state index in [0.29, 0.717) is 11.3 Å². The van der Waals surface area contributed by atoms with Gasteiger partial charge in [-0.2, -0.15) is 8.78 Å². The van der Waals surface area contributed by atoms with Crippen molar-refractivity contribution in [1.82, 2.24) is 25.7 Å². The smallest absolute Gasteiger partial charge is 0.412 e. The summed E-state index contributed by atoms with van der Waals surface area (Å²) in [7, 11) is 0. The molecule has 0 aliphatic carbocycles. The number of hydrogen-bond acceptors (Lipinski definition) is 7. The molecule has 0 fully saturated rings. The number of rotatable bonds is 4. The van der Waals surface area contributed by atoms with Gasteiger partial charge in [-0.05, 0) is 45.0 Å². The summed E-state index contributed by atoms with van der Waals surface area (Å²) in [5.74, 6) is -1.23. The third-order valence-electron chi connectivity index (χ3n) is 3.50. The molecule has 1 heterocycles. The summed E-state index contributed by atoms with van der Waals surface area (Å²) in [5, 5.41) is 18.2. The lowest BCUT2D eigenvalue weighted by atomic mass is 9.95. The molecule has 0 radical (unpaired) electrons. The first kappa shape index (κ1) is 23.0. The summed E-state index contributed by atoms with van der Waals surface area (Å²) in [6.45, 7) is 9.99. The average molecular weight is 422 g/mol. The number of nitrogens with zero attached hydrogens (tertiary/aromatic N) is 4. The monoisotopic (exact) mass is 422 g/mol. The van der Waals surface area contributed by atoms with Crippen LogP contribution in [0.5, 0.6) is 0 Å². The van der Waals surface area contributed by atoms with Crippen LogP contribution in [0, 0.1) is 5.41 Å². The lowest BCUT2D eigenvalue weighted by Gasteiger charge is -2.22. The molecule has 2 aromatic rings. The van der Waals surface area contributed by atoms with E-state index in [4.69, 9.17) is 4.74 Å². The molecule has 0 spiro atoms. The van der Waals surface area contributed by atoms with Gasteiger partial charge in [0.05, 0.1) is 0 Å². The summed E-state index contributed by atoms with van der Waals surface area (Å²) in [4.78, 5) is 23.6. The molecule has 1 aromatic carbocycles. The topological polar surface area (TPSA) is 119 Å². The first-order valence-electron chi connectivity index (χ1n) is 9.06. The fraction of sp³-hybridized carbons (Fsp3) is 0.474. The molecule has 2 rings (SSSR count). The number of aromatic nitrogens is 4. The third-order valence-corrected chi connectivity index (χ3v) is 3.50. The van der Waals surface area contributed by atoms with Gasteiger partial charge in [-0.3, -0.25) is 10.1 Å². The molecule has 0 aliphatic rings. The molecular formula is C19H24F2N6O3. The van der Waals surface area contributed by atoms with Crippen molar-refractivity contribution >= 4 is 17.7 Å². The van der Waals surface area contributed by atoms with Gasteiger partial charge in [0.25, 0.3) is 5.82 Å². The number of carbonyl (C=O) groups excluding carboxylic acids is 2. The summed E-state index contributed by atoms with van der Waals surface area (Å²) in [6, 6.07) is 2.51. The number of ether oxygens (including phenoxy) is 1. The van der Waals surface area contributed by atoms with Gasteiger partial charge in [0, 0.05) is 16.7 Å². The fourth-order valence-corrected chi connectivity index (χ4v) is 1.98. The van der Waals surface area contributed by atoms with Gasteiger partial charge in [-0.25, -0.2) is 4.79 Å². The molecule has 0 unspecified atom stereocenters. The molecule has 162 valence electrons. The van der Waals surface area contributed by atoms with E-state index < -0.39 is 29.0 Å². The lowest BCUT2D eigenvalue weighted by Crippen LogP contribution is -2.43. The Hall–Kier alpha value is -3.24. The van der Waals surface area contributed by atoms with Crippen molar-refractivity contribution in [3.63, 3.8) is 0 Å². The third kappa shape index (κ3) is 6.39. The van der Waals surface area contributed by atoms with Crippen LogP contribution < -0.4 is 10.6 Å². The van der Waals surface area contributed by atoms with E-state index in [1.165, 1.54) is 5.32 Å². The number of hydrogen-bond donors (Lipinski definition) is 2. The summed E-state index contributed by atoms with van der Waals surface area (Å²) < 4.78 is 33.0. The Morgan fingerprint density at radius 1 is 0.900 bits per heavy atom. The zero-order valence-electron chi connectivity index (χ0n) is 17.6. The minimum Gasteiger partial charge on any atom is -0.444 e. The van der Waals surface area contributed by atoms with Crippen molar-refractivity contribution in [2.75, 3.05) is 5.32 Å². The van der Waals surface area contributed by atoms with Crippen LogP contribution in [-0.2, 0) is 15.6 Å². The normalized spacial score (nSPS) is 12.3. The molecule has 0 bridgehead atoms. The van der Waals surface area contributed by atoms with Gasteiger partial charge in [0.2, 0.25) is 11.7 Å². The maximum Gasteiger partial charge on any atom is 0.412 e. The molecule has 9 nitrogen and oxygen atoms in total. The minimum absolute atomic E-state index is 0.000478. The zero-order chi connectivity index (χ0) is 22.7. The van der Waals surface area contributed by atoms with Crippen molar-refractivity contribution in [1.29, 1.82) is 0 Å². The Morgan fingerprint density at radius 3 is 1.90 bits per heavy atom. The summed E-state index contributed by atoms with van der Waals surface area (Å²) >= 11 is 0. The van der Waals surface area contributed by atoms with Crippen molar-refractivity contribution in [3.05, 3.63) is 30.1 Å². The van der Waals surface area contributed by atoms with Gasteiger partial charge < -0.3 is 10.1 Å².